The zero-order chi connectivity index (χ0) is 24.1. The molecule has 1 N–H and O–H groups in total. The molecular formula is C24H27FN6O3. The van der Waals surface area contributed by atoms with Crippen LogP contribution in [0.5, 0.6) is 5.75 Å². The predicted octanol–water partition coefficient (Wildman–Crippen LogP) is 2.97. The number of anilines is 1. The molecule has 1 aliphatic carbocycles. The van der Waals surface area contributed by atoms with Gasteiger partial charge in [-0.2, -0.15) is 4.80 Å². The zero-order valence-corrected chi connectivity index (χ0v) is 19.1. The lowest BCUT2D eigenvalue weighted by atomic mass is 10.1. The molecular weight excluding hydrogens is 439 g/mol. The van der Waals surface area contributed by atoms with E-state index in [-0.39, 0.29) is 30.1 Å². The van der Waals surface area contributed by atoms with E-state index in [4.69, 9.17) is 4.74 Å². The lowest BCUT2D eigenvalue weighted by molar-refractivity contribution is -0.127. The van der Waals surface area contributed by atoms with E-state index in [2.05, 4.69) is 20.7 Å². The van der Waals surface area contributed by atoms with Crippen LogP contribution in [0.2, 0.25) is 0 Å². The van der Waals surface area contributed by atoms with E-state index < -0.39 is 11.9 Å². The van der Waals surface area contributed by atoms with Gasteiger partial charge in [-0.05, 0) is 61.4 Å². The fourth-order valence-corrected chi connectivity index (χ4v) is 4.12. The second kappa shape index (κ2) is 10.4. The van der Waals surface area contributed by atoms with Crippen molar-refractivity contribution >= 4 is 17.5 Å². The van der Waals surface area contributed by atoms with Crippen LogP contribution in [0.25, 0.3) is 11.4 Å². The first-order valence-electron chi connectivity index (χ1n) is 11.3. The third-order valence-electron chi connectivity index (χ3n) is 5.91. The Labute approximate surface area is 196 Å². The number of hydrogen-bond donors (Lipinski definition) is 1. The third-order valence-corrected chi connectivity index (χ3v) is 5.91. The SMILES string of the molecule is COc1ccccc1N(C(=O)Cn1nnc(-c2ccc(F)cc2)n1)[C@@H](C)C(=O)NC1CCCC1. The summed E-state index contributed by atoms with van der Waals surface area (Å²) in [5, 5.41) is 15.2. The van der Waals surface area contributed by atoms with Gasteiger partial charge in [-0.1, -0.05) is 25.0 Å². The number of ether oxygens (including phenoxy) is 1. The molecule has 34 heavy (non-hydrogen) atoms. The van der Waals surface area contributed by atoms with Gasteiger partial charge in [0.1, 0.15) is 24.2 Å². The van der Waals surface area contributed by atoms with E-state index in [1.165, 1.54) is 36.3 Å². The molecule has 0 radical (unpaired) electrons. The zero-order valence-electron chi connectivity index (χ0n) is 19.1. The first kappa shape index (κ1) is 23.3. The van der Waals surface area contributed by atoms with Gasteiger partial charge >= 0.3 is 0 Å². The molecule has 0 aliphatic heterocycles. The number of para-hydroxylation sites is 2. The van der Waals surface area contributed by atoms with Gasteiger partial charge < -0.3 is 10.1 Å². The summed E-state index contributed by atoms with van der Waals surface area (Å²) in [7, 11) is 1.51. The fraction of sp³-hybridized carbons (Fsp3) is 0.375. The number of benzene rings is 2. The van der Waals surface area contributed by atoms with Gasteiger partial charge in [-0.3, -0.25) is 14.5 Å². The smallest absolute Gasteiger partial charge is 0.251 e. The maximum atomic E-state index is 13.5. The Morgan fingerprint density at radius 3 is 2.59 bits per heavy atom. The molecule has 2 aromatic carbocycles. The highest BCUT2D eigenvalue weighted by Gasteiger charge is 2.31. The summed E-state index contributed by atoms with van der Waals surface area (Å²) in [6.07, 6.45) is 4.05. The van der Waals surface area contributed by atoms with E-state index in [1.807, 2.05) is 0 Å². The van der Waals surface area contributed by atoms with Crippen LogP contribution in [0.3, 0.4) is 0 Å². The van der Waals surface area contributed by atoms with Crippen LogP contribution in [-0.4, -0.2) is 51.2 Å². The summed E-state index contributed by atoms with van der Waals surface area (Å²) >= 11 is 0. The summed E-state index contributed by atoms with van der Waals surface area (Å²) in [5.74, 6) is -0.270. The number of amides is 2. The van der Waals surface area contributed by atoms with E-state index in [0.717, 1.165) is 30.5 Å². The summed E-state index contributed by atoms with van der Waals surface area (Å²) < 4.78 is 18.7. The standard InChI is InChI=1S/C24H27FN6O3/c1-16(24(33)26-19-7-3-4-8-19)31(20-9-5-6-10-21(20)34-2)22(32)15-30-28-23(27-29-30)17-11-13-18(25)14-12-17/h5-6,9-14,16,19H,3-4,7-8,15H2,1-2H3,(H,26,33)/t16-/m0/s1. The molecule has 1 aromatic heterocycles. The van der Waals surface area contributed by atoms with Crippen LogP contribution in [-0.2, 0) is 16.1 Å². The lowest BCUT2D eigenvalue weighted by Gasteiger charge is -2.30. The molecule has 0 unspecified atom stereocenters. The van der Waals surface area contributed by atoms with Crippen molar-refractivity contribution in [2.24, 2.45) is 0 Å². The molecule has 1 atom stereocenters. The van der Waals surface area contributed by atoms with Crippen LogP contribution in [0.1, 0.15) is 32.6 Å². The Kier molecular flexibility index (Phi) is 7.15. The molecule has 9 nitrogen and oxygen atoms in total. The van der Waals surface area contributed by atoms with Gasteiger partial charge in [-0.15, -0.1) is 10.2 Å². The van der Waals surface area contributed by atoms with Gasteiger partial charge in [0.05, 0.1) is 12.8 Å². The normalized spacial score (nSPS) is 14.6. The Morgan fingerprint density at radius 2 is 1.88 bits per heavy atom. The number of nitrogens with one attached hydrogen (secondary N) is 1. The summed E-state index contributed by atoms with van der Waals surface area (Å²) in [6, 6.07) is 12.0. The number of carbonyl (C=O) groups excluding carboxylic acids is 2. The molecule has 0 spiro atoms. The van der Waals surface area contributed by atoms with Crippen molar-refractivity contribution in [3.8, 4) is 17.1 Å². The third kappa shape index (κ3) is 5.22. The van der Waals surface area contributed by atoms with Gasteiger partial charge in [0.25, 0.3) is 5.91 Å². The number of rotatable bonds is 8. The Bertz CT molecular complexity index is 1140. The second-order valence-electron chi connectivity index (χ2n) is 8.25. The van der Waals surface area contributed by atoms with Crippen LogP contribution in [0.15, 0.2) is 48.5 Å². The molecule has 0 saturated heterocycles. The van der Waals surface area contributed by atoms with Crippen molar-refractivity contribution in [1.29, 1.82) is 0 Å². The molecule has 3 aromatic rings. The van der Waals surface area contributed by atoms with Crippen LogP contribution < -0.4 is 15.0 Å². The highest BCUT2D eigenvalue weighted by atomic mass is 19.1. The highest BCUT2D eigenvalue weighted by Crippen LogP contribution is 2.30. The van der Waals surface area contributed by atoms with Gasteiger partial charge in [0, 0.05) is 11.6 Å². The quantitative estimate of drug-likeness (QED) is 0.548. The maximum Gasteiger partial charge on any atom is 0.251 e. The van der Waals surface area contributed by atoms with Crippen LogP contribution in [0.4, 0.5) is 10.1 Å². The van der Waals surface area contributed by atoms with Gasteiger partial charge in [-0.25, -0.2) is 4.39 Å². The highest BCUT2D eigenvalue weighted by molar-refractivity contribution is 6.01. The molecule has 178 valence electrons. The van der Waals surface area contributed by atoms with Crippen molar-refractivity contribution in [1.82, 2.24) is 25.5 Å². The number of methoxy groups -OCH3 is 1. The molecule has 4 rings (SSSR count). The molecule has 2 amide bonds. The molecule has 10 heteroatoms. The minimum Gasteiger partial charge on any atom is -0.495 e. The Hall–Kier alpha value is -3.82. The average Bonchev–Trinajstić information content (AvgIpc) is 3.52. The molecule has 1 saturated carbocycles. The summed E-state index contributed by atoms with van der Waals surface area (Å²) in [5.41, 5.74) is 1.05. The summed E-state index contributed by atoms with van der Waals surface area (Å²) in [4.78, 5) is 29.1. The number of aromatic nitrogens is 4. The number of tetrazole rings is 1. The fourth-order valence-electron chi connectivity index (χ4n) is 4.12. The number of carbonyl (C=O) groups is 2. The lowest BCUT2D eigenvalue weighted by Crippen LogP contribution is -2.51. The monoisotopic (exact) mass is 466 g/mol. The Balaban J connectivity index is 1.57. The molecule has 1 heterocycles. The van der Waals surface area contributed by atoms with E-state index >= 15 is 0 Å². The predicted molar refractivity (Wildman–Crippen MR) is 124 cm³/mol. The van der Waals surface area contributed by atoms with Crippen LogP contribution >= 0.6 is 0 Å². The second-order valence-corrected chi connectivity index (χ2v) is 8.25. The summed E-state index contributed by atoms with van der Waals surface area (Å²) in [6.45, 7) is 1.45. The van der Waals surface area contributed by atoms with Gasteiger partial charge in [0.2, 0.25) is 11.7 Å². The average molecular weight is 467 g/mol. The molecule has 0 bridgehead atoms. The number of halogens is 1. The first-order valence-corrected chi connectivity index (χ1v) is 11.3. The Morgan fingerprint density at radius 1 is 1.18 bits per heavy atom. The minimum absolute atomic E-state index is 0.125. The number of nitrogens with zero attached hydrogens (tertiary/aromatic N) is 5. The maximum absolute atomic E-state index is 13.5. The van der Waals surface area contributed by atoms with Crippen molar-refractivity contribution in [3.05, 3.63) is 54.3 Å². The van der Waals surface area contributed by atoms with E-state index in [9.17, 15) is 14.0 Å². The number of hydrogen-bond acceptors (Lipinski definition) is 6. The van der Waals surface area contributed by atoms with Crippen molar-refractivity contribution < 1.29 is 18.7 Å². The molecule has 1 aliphatic rings. The first-order chi connectivity index (χ1) is 16.5. The largest absolute Gasteiger partial charge is 0.495 e. The molecule has 1 fully saturated rings. The topological polar surface area (TPSA) is 102 Å². The van der Waals surface area contributed by atoms with Crippen LogP contribution in [0, 0.1) is 5.82 Å². The van der Waals surface area contributed by atoms with E-state index in [0.29, 0.717) is 17.0 Å². The van der Waals surface area contributed by atoms with Crippen molar-refractivity contribution in [2.75, 3.05) is 12.0 Å². The van der Waals surface area contributed by atoms with Crippen molar-refractivity contribution in [2.45, 2.75) is 51.2 Å². The minimum atomic E-state index is -0.788. The van der Waals surface area contributed by atoms with E-state index in [1.54, 1.807) is 31.2 Å². The van der Waals surface area contributed by atoms with Gasteiger partial charge in [0.15, 0.2) is 0 Å². The van der Waals surface area contributed by atoms with Crippen molar-refractivity contribution in [3.63, 3.8) is 0 Å².